The lowest BCUT2D eigenvalue weighted by Gasteiger charge is -2.18. The van der Waals surface area contributed by atoms with Gasteiger partial charge in [-0.2, -0.15) is 0 Å². The maximum atomic E-state index is 11.9. The number of hydrogen-bond donors (Lipinski definition) is 0. The van der Waals surface area contributed by atoms with Crippen molar-refractivity contribution in [3.05, 3.63) is 83.9 Å². The number of ether oxygens (including phenoxy) is 1. The van der Waals surface area contributed by atoms with Crippen LogP contribution in [0.5, 0.6) is 0 Å². The van der Waals surface area contributed by atoms with Crippen molar-refractivity contribution in [2.24, 2.45) is 0 Å². The number of carbonyl (C=O) groups is 1. The van der Waals surface area contributed by atoms with E-state index in [1.54, 1.807) is 6.07 Å². The van der Waals surface area contributed by atoms with Crippen LogP contribution >= 0.6 is 0 Å². The fraction of sp³-hybridized carbons (Fsp3) is 0.167. The van der Waals surface area contributed by atoms with Crippen LogP contribution in [0.2, 0.25) is 0 Å². The van der Waals surface area contributed by atoms with E-state index in [9.17, 15) is 4.79 Å². The van der Waals surface area contributed by atoms with Crippen molar-refractivity contribution in [3.8, 4) is 0 Å². The van der Waals surface area contributed by atoms with E-state index in [2.05, 4.69) is 24.8 Å². The predicted octanol–water partition coefficient (Wildman–Crippen LogP) is 3.98. The molecule has 1 unspecified atom stereocenters. The topological polar surface area (TPSA) is 26.3 Å². The Hall–Kier alpha value is -2.35. The molecule has 1 atom stereocenters. The summed E-state index contributed by atoms with van der Waals surface area (Å²) in [5, 5.41) is 0. The van der Waals surface area contributed by atoms with Crippen molar-refractivity contribution in [2.45, 2.75) is 12.3 Å². The van der Waals surface area contributed by atoms with Crippen LogP contribution in [0.4, 0.5) is 0 Å². The largest absolute Gasteiger partial charge is 0.465 e. The van der Waals surface area contributed by atoms with Gasteiger partial charge in [-0.15, -0.1) is 6.58 Å². The van der Waals surface area contributed by atoms with Crippen LogP contribution in [0, 0.1) is 6.07 Å². The van der Waals surface area contributed by atoms with Crippen molar-refractivity contribution in [1.82, 2.24) is 0 Å². The second kappa shape index (κ2) is 6.71. The van der Waals surface area contributed by atoms with E-state index >= 15 is 0 Å². The Kier molecular flexibility index (Phi) is 4.72. The molecule has 0 spiro atoms. The molecule has 0 amide bonds. The first-order valence-corrected chi connectivity index (χ1v) is 6.52. The molecule has 20 heavy (non-hydrogen) atoms. The van der Waals surface area contributed by atoms with E-state index in [-0.39, 0.29) is 11.9 Å². The molecule has 2 aromatic rings. The number of esters is 1. The normalized spacial score (nSPS) is 11.7. The SMILES string of the molecule is C=CCC(c1ccccc1)c1ccc[c]c1C(=O)OC. The molecule has 0 aliphatic heterocycles. The number of hydrogen-bond acceptors (Lipinski definition) is 2. The van der Waals surface area contributed by atoms with Gasteiger partial charge in [0.25, 0.3) is 0 Å². The Morgan fingerprint density at radius 1 is 1.30 bits per heavy atom. The molecule has 0 N–H and O–H groups in total. The summed E-state index contributed by atoms with van der Waals surface area (Å²) in [5.74, 6) is -0.272. The number of benzene rings is 2. The van der Waals surface area contributed by atoms with Gasteiger partial charge in [0.2, 0.25) is 0 Å². The molecule has 0 aliphatic rings. The molecule has 0 aromatic heterocycles. The van der Waals surface area contributed by atoms with Gasteiger partial charge in [-0.1, -0.05) is 54.6 Å². The van der Waals surface area contributed by atoms with E-state index in [0.29, 0.717) is 5.56 Å². The van der Waals surface area contributed by atoms with Crippen molar-refractivity contribution < 1.29 is 9.53 Å². The second-order valence-corrected chi connectivity index (χ2v) is 4.48. The molecular formula is C18H17O2. The van der Waals surface area contributed by atoms with Gasteiger partial charge in [0.1, 0.15) is 0 Å². The summed E-state index contributed by atoms with van der Waals surface area (Å²) in [6.07, 6.45) is 2.62. The summed E-state index contributed by atoms with van der Waals surface area (Å²) in [4.78, 5) is 11.9. The van der Waals surface area contributed by atoms with Gasteiger partial charge in [-0.25, -0.2) is 4.79 Å². The molecule has 0 bridgehead atoms. The van der Waals surface area contributed by atoms with Crippen LogP contribution in [0.1, 0.15) is 33.8 Å². The standard InChI is InChI=1S/C18H17O2/c1-3-9-15(14-10-5-4-6-11-14)16-12-7-8-13-17(16)18(19)20-2/h3-8,10-12,15H,1,9H2,2H3. The summed E-state index contributed by atoms with van der Waals surface area (Å²) in [7, 11) is 1.39. The van der Waals surface area contributed by atoms with Gasteiger partial charge in [0.05, 0.1) is 12.7 Å². The third-order valence-electron chi connectivity index (χ3n) is 3.26. The number of rotatable bonds is 5. The minimum Gasteiger partial charge on any atom is -0.465 e. The minimum atomic E-state index is -0.356. The first-order chi connectivity index (χ1) is 9.77. The van der Waals surface area contributed by atoms with Gasteiger partial charge in [-0.05, 0) is 23.6 Å². The maximum Gasteiger partial charge on any atom is 0.338 e. The summed E-state index contributed by atoms with van der Waals surface area (Å²) < 4.78 is 4.85. The van der Waals surface area contributed by atoms with Crippen LogP contribution in [-0.4, -0.2) is 13.1 Å². The zero-order valence-corrected chi connectivity index (χ0v) is 11.5. The van der Waals surface area contributed by atoms with E-state index in [1.807, 2.05) is 36.4 Å². The van der Waals surface area contributed by atoms with Crippen LogP contribution in [0.15, 0.2) is 61.2 Å². The minimum absolute atomic E-state index is 0.0836. The average Bonchev–Trinajstić information content (AvgIpc) is 2.53. The monoisotopic (exact) mass is 265 g/mol. The van der Waals surface area contributed by atoms with E-state index in [0.717, 1.165) is 17.5 Å². The second-order valence-electron chi connectivity index (χ2n) is 4.48. The molecule has 2 aromatic carbocycles. The average molecular weight is 265 g/mol. The summed E-state index contributed by atoms with van der Waals surface area (Å²) in [6.45, 7) is 3.82. The number of carbonyl (C=O) groups excluding carboxylic acids is 1. The lowest BCUT2D eigenvalue weighted by Crippen LogP contribution is -2.10. The molecule has 0 saturated heterocycles. The van der Waals surface area contributed by atoms with Gasteiger partial charge < -0.3 is 4.74 Å². The highest BCUT2D eigenvalue weighted by molar-refractivity contribution is 5.91. The Balaban J connectivity index is 2.50. The fourth-order valence-electron chi connectivity index (χ4n) is 2.31. The maximum absolute atomic E-state index is 11.9. The zero-order chi connectivity index (χ0) is 14.4. The van der Waals surface area contributed by atoms with E-state index < -0.39 is 0 Å². The third-order valence-corrected chi connectivity index (χ3v) is 3.26. The Morgan fingerprint density at radius 3 is 2.70 bits per heavy atom. The van der Waals surface area contributed by atoms with Crippen molar-refractivity contribution in [2.75, 3.05) is 7.11 Å². The van der Waals surface area contributed by atoms with Crippen LogP contribution < -0.4 is 0 Å². The Labute approximate surface area is 119 Å². The summed E-state index contributed by atoms with van der Waals surface area (Å²) >= 11 is 0. The Bertz CT molecular complexity index is 587. The summed E-state index contributed by atoms with van der Waals surface area (Å²) in [5.41, 5.74) is 2.56. The predicted molar refractivity (Wildman–Crippen MR) is 79.7 cm³/mol. The van der Waals surface area contributed by atoms with Crippen molar-refractivity contribution in [1.29, 1.82) is 0 Å². The molecule has 2 heteroatoms. The highest BCUT2D eigenvalue weighted by atomic mass is 16.5. The number of methoxy groups -OCH3 is 1. The van der Waals surface area contributed by atoms with Crippen molar-refractivity contribution >= 4 is 5.97 Å². The highest BCUT2D eigenvalue weighted by Crippen LogP contribution is 2.30. The molecule has 2 rings (SSSR count). The van der Waals surface area contributed by atoms with E-state index in [1.165, 1.54) is 7.11 Å². The fourth-order valence-corrected chi connectivity index (χ4v) is 2.31. The van der Waals surface area contributed by atoms with Gasteiger partial charge in [0.15, 0.2) is 0 Å². The molecular weight excluding hydrogens is 248 g/mol. The smallest absolute Gasteiger partial charge is 0.338 e. The molecule has 101 valence electrons. The van der Waals surface area contributed by atoms with Gasteiger partial charge in [-0.3, -0.25) is 0 Å². The third kappa shape index (κ3) is 2.97. The highest BCUT2D eigenvalue weighted by Gasteiger charge is 2.20. The lowest BCUT2D eigenvalue weighted by atomic mass is 9.86. The van der Waals surface area contributed by atoms with Crippen LogP contribution in [0.25, 0.3) is 0 Å². The van der Waals surface area contributed by atoms with Crippen LogP contribution in [-0.2, 0) is 4.74 Å². The molecule has 0 saturated carbocycles. The Morgan fingerprint density at radius 2 is 2.05 bits per heavy atom. The quantitative estimate of drug-likeness (QED) is 0.603. The molecule has 0 heterocycles. The van der Waals surface area contributed by atoms with Gasteiger partial charge >= 0.3 is 5.97 Å². The summed E-state index contributed by atoms with van der Waals surface area (Å²) in [6, 6.07) is 18.6. The lowest BCUT2D eigenvalue weighted by molar-refractivity contribution is 0.0598. The molecule has 0 fully saturated rings. The first kappa shape index (κ1) is 14.1. The molecule has 1 radical (unpaired) electrons. The van der Waals surface area contributed by atoms with Crippen LogP contribution in [0.3, 0.4) is 0 Å². The van der Waals surface area contributed by atoms with Crippen molar-refractivity contribution in [3.63, 3.8) is 0 Å². The van der Waals surface area contributed by atoms with E-state index in [4.69, 9.17) is 4.74 Å². The zero-order valence-electron chi connectivity index (χ0n) is 11.5. The number of allylic oxidation sites excluding steroid dienone is 1. The van der Waals surface area contributed by atoms with Gasteiger partial charge in [0, 0.05) is 5.92 Å². The molecule has 0 aliphatic carbocycles. The molecule has 2 nitrogen and oxygen atoms in total. The first-order valence-electron chi connectivity index (χ1n) is 6.52.